The molecule has 148 valence electrons. The van der Waals surface area contributed by atoms with Gasteiger partial charge in [0.05, 0.1) is 6.61 Å². The van der Waals surface area contributed by atoms with E-state index in [1.165, 1.54) is 6.42 Å². The number of rotatable bonds is 11. The second kappa shape index (κ2) is 13.0. The highest BCUT2D eigenvalue weighted by Gasteiger charge is 2.09. The Labute approximate surface area is 167 Å². The lowest BCUT2D eigenvalue weighted by atomic mass is 10.2. The van der Waals surface area contributed by atoms with E-state index >= 15 is 0 Å². The van der Waals surface area contributed by atoms with Crippen molar-refractivity contribution in [2.24, 2.45) is 0 Å². The van der Waals surface area contributed by atoms with Crippen LogP contribution in [0.1, 0.15) is 32.3 Å². The maximum Gasteiger partial charge on any atom is 0.262 e. The minimum atomic E-state index is -0.205. The van der Waals surface area contributed by atoms with Crippen LogP contribution >= 0.6 is 12.4 Å². The number of amides is 1. The number of hydrogen-bond acceptors (Lipinski definition) is 4. The molecule has 0 radical (unpaired) electrons. The van der Waals surface area contributed by atoms with E-state index in [-0.39, 0.29) is 24.9 Å². The lowest BCUT2D eigenvalue weighted by molar-refractivity contribution is -0.118. The summed E-state index contributed by atoms with van der Waals surface area (Å²) in [6.45, 7) is 6.36. The largest absolute Gasteiger partial charge is 0.490 e. The number of hydrogen-bond donors (Lipinski definition) is 2. The summed E-state index contributed by atoms with van der Waals surface area (Å²) in [5, 5.41) is 6.21. The molecule has 0 spiro atoms. The second-order valence-electron chi connectivity index (χ2n) is 5.95. The quantitative estimate of drug-likeness (QED) is 0.556. The molecule has 5 nitrogen and oxygen atoms in total. The Morgan fingerprint density at radius 3 is 2.48 bits per heavy atom. The fourth-order valence-corrected chi connectivity index (χ4v) is 2.45. The molecule has 2 aromatic rings. The summed E-state index contributed by atoms with van der Waals surface area (Å²) in [5.41, 5.74) is 1.88. The SMILES string of the molecule is CCCCNCc1ccc(OCC(=O)Nc2ccccc2)c(OCC)c1.Cl. The number of nitrogens with one attached hydrogen (secondary N) is 2. The average molecular weight is 393 g/mol. The van der Waals surface area contributed by atoms with E-state index in [0.29, 0.717) is 18.1 Å². The Bertz CT molecular complexity index is 680. The zero-order chi connectivity index (χ0) is 18.6. The summed E-state index contributed by atoms with van der Waals surface area (Å²) >= 11 is 0. The first kappa shape index (κ1) is 22.8. The number of para-hydroxylation sites is 1. The van der Waals surface area contributed by atoms with Gasteiger partial charge in [0.2, 0.25) is 0 Å². The number of carbonyl (C=O) groups is 1. The van der Waals surface area contributed by atoms with Crippen molar-refractivity contribution in [3.05, 3.63) is 54.1 Å². The molecule has 2 rings (SSSR count). The lowest BCUT2D eigenvalue weighted by Crippen LogP contribution is -2.20. The van der Waals surface area contributed by atoms with Crippen LogP contribution in [0, 0.1) is 0 Å². The van der Waals surface area contributed by atoms with Crippen LogP contribution < -0.4 is 20.1 Å². The molecule has 27 heavy (non-hydrogen) atoms. The van der Waals surface area contributed by atoms with E-state index in [9.17, 15) is 4.79 Å². The summed E-state index contributed by atoms with van der Waals surface area (Å²) in [6, 6.07) is 15.1. The first-order valence-corrected chi connectivity index (χ1v) is 9.17. The van der Waals surface area contributed by atoms with E-state index in [4.69, 9.17) is 9.47 Å². The fraction of sp³-hybridized carbons (Fsp3) is 0.381. The standard InChI is InChI=1S/C21H28N2O3.ClH/c1-3-5-13-22-15-17-11-12-19(20(14-17)25-4-2)26-16-21(24)23-18-9-7-6-8-10-18;/h6-12,14,22H,3-5,13,15-16H2,1-2H3,(H,23,24);1H. The molecule has 0 aromatic heterocycles. The molecular weight excluding hydrogens is 364 g/mol. The van der Waals surface area contributed by atoms with Crippen LogP contribution in [-0.4, -0.2) is 25.7 Å². The van der Waals surface area contributed by atoms with E-state index < -0.39 is 0 Å². The van der Waals surface area contributed by atoms with Gasteiger partial charge in [0.15, 0.2) is 18.1 Å². The number of unbranched alkanes of at least 4 members (excludes halogenated alkanes) is 1. The Morgan fingerprint density at radius 2 is 1.78 bits per heavy atom. The monoisotopic (exact) mass is 392 g/mol. The molecule has 6 heteroatoms. The van der Waals surface area contributed by atoms with Gasteiger partial charge in [0.25, 0.3) is 5.91 Å². The van der Waals surface area contributed by atoms with Gasteiger partial charge >= 0.3 is 0 Å². The minimum Gasteiger partial charge on any atom is -0.490 e. The Hall–Kier alpha value is -2.24. The van der Waals surface area contributed by atoms with E-state index in [2.05, 4.69) is 17.6 Å². The normalized spacial score (nSPS) is 10.0. The van der Waals surface area contributed by atoms with Gasteiger partial charge in [0.1, 0.15) is 0 Å². The van der Waals surface area contributed by atoms with Gasteiger partial charge in [-0.15, -0.1) is 12.4 Å². The van der Waals surface area contributed by atoms with Crippen molar-refractivity contribution < 1.29 is 14.3 Å². The molecule has 0 bridgehead atoms. The first-order valence-electron chi connectivity index (χ1n) is 9.17. The van der Waals surface area contributed by atoms with Crippen molar-refractivity contribution in [1.82, 2.24) is 5.32 Å². The maximum atomic E-state index is 12.0. The number of benzene rings is 2. The van der Waals surface area contributed by atoms with E-state index in [1.807, 2.05) is 55.5 Å². The van der Waals surface area contributed by atoms with Crippen molar-refractivity contribution >= 4 is 24.0 Å². The predicted octanol–water partition coefficient (Wildman–Crippen LogP) is 4.41. The highest BCUT2D eigenvalue weighted by Crippen LogP contribution is 2.28. The van der Waals surface area contributed by atoms with Gasteiger partial charge in [-0.05, 0) is 49.7 Å². The molecule has 0 aliphatic rings. The number of carbonyl (C=O) groups excluding carboxylic acids is 1. The van der Waals surface area contributed by atoms with Crippen LogP contribution in [-0.2, 0) is 11.3 Å². The first-order chi connectivity index (χ1) is 12.7. The molecule has 1 amide bonds. The molecule has 0 aliphatic heterocycles. The smallest absolute Gasteiger partial charge is 0.262 e. The lowest BCUT2D eigenvalue weighted by Gasteiger charge is -2.14. The molecule has 2 N–H and O–H groups in total. The second-order valence-corrected chi connectivity index (χ2v) is 5.95. The fourth-order valence-electron chi connectivity index (χ4n) is 2.45. The third-order valence-corrected chi connectivity index (χ3v) is 3.76. The number of ether oxygens (including phenoxy) is 2. The molecule has 0 aliphatic carbocycles. The summed E-state index contributed by atoms with van der Waals surface area (Å²) in [5.74, 6) is 1.03. The zero-order valence-corrected chi connectivity index (χ0v) is 16.8. The third-order valence-electron chi connectivity index (χ3n) is 3.76. The number of anilines is 1. The summed E-state index contributed by atoms with van der Waals surface area (Å²) < 4.78 is 11.3. The summed E-state index contributed by atoms with van der Waals surface area (Å²) in [4.78, 5) is 12.0. The molecule has 2 aromatic carbocycles. The molecule has 0 saturated carbocycles. The van der Waals surface area contributed by atoms with E-state index in [0.717, 1.165) is 30.8 Å². The molecule has 0 saturated heterocycles. The summed E-state index contributed by atoms with van der Waals surface area (Å²) in [7, 11) is 0. The van der Waals surface area contributed by atoms with Crippen LogP contribution in [0.5, 0.6) is 11.5 Å². The van der Waals surface area contributed by atoms with Crippen LogP contribution in [0.4, 0.5) is 5.69 Å². The van der Waals surface area contributed by atoms with Crippen LogP contribution in [0.25, 0.3) is 0 Å². The van der Waals surface area contributed by atoms with Crippen molar-refractivity contribution in [2.75, 3.05) is 25.1 Å². The van der Waals surface area contributed by atoms with Crippen molar-refractivity contribution in [2.45, 2.75) is 33.2 Å². The Balaban J connectivity index is 0.00000364. The maximum absolute atomic E-state index is 12.0. The van der Waals surface area contributed by atoms with Crippen molar-refractivity contribution in [3.8, 4) is 11.5 Å². The topological polar surface area (TPSA) is 59.6 Å². The van der Waals surface area contributed by atoms with Gasteiger partial charge in [0, 0.05) is 12.2 Å². The molecule has 0 unspecified atom stereocenters. The van der Waals surface area contributed by atoms with Crippen molar-refractivity contribution in [1.29, 1.82) is 0 Å². The van der Waals surface area contributed by atoms with E-state index in [1.54, 1.807) is 0 Å². The van der Waals surface area contributed by atoms with Crippen LogP contribution in [0.3, 0.4) is 0 Å². The molecule has 0 heterocycles. The predicted molar refractivity (Wildman–Crippen MR) is 112 cm³/mol. The molecule has 0 fully saturated rings. The van der Waals surface area contributed by atoms with Crippen LogP contribution in [0.2, 0.25) is 0 Å². The highest BCUT2D eigenvalue weighted by atomic mass is 35.5. The summed E-state index contributed by atoms with van der Waals surface area (Å²) in [6.07, 6.45) is 2.34. The van der Waals surface area contributed by atoms with Crippen molar-refractivity contribution in [3.63, 3.8) is 0 Å². The average Bonchev–Trinajstić information content (AvgIpc) is 2.65. The van der Waals surface area contributed by atoms with Gasteiger partial charge < -0.3 is 20.1 Å². The van der Waals surface area contributed by atoms with Gasteiger partial charge in [-0.1, -0.05) is 37.6 Å². The molecule has 0 atom stereocenters. The third kappa shape index (κ3) is 8.33. The Kier molecular flexibility index (Phi) is 11.0. The number of halogens is 1. The van der Waals surface area contributed by atoms with Crippen LogP contribution in [0.15, 0.2) is 48.5 Å². The zero-order valence-electron chi connectivity index (χ0n) is 16.0. The van der Waals surface area contributed by atoms with Gasteiger partial charge in [-0.3, -0.25) is 4.79 Å². The highest BCUT2D eigenvalue weighted by molar-refractivity contribution is 5.91. The van der Waals surface area contributed by atoms with Gasteiger partial charge in [-0.2, -0.15) is 0 Å². The molecular formula is C21H29ClN2O3. The Morgan fingerprint density at radius 1 is 1.00 bits per heavy atom. The van der Waals surface area contributed by atoms with Gasteiger partial charge in [-0.25, -0.2) is 0 Å². The minimum absolute atomic E-state index is 0.